The number of pyridine rings is 1. The van der Waals surface area contributed by atoms with Gasteiger partial charge in [-0.15, -0.1) is 0 Å². The molecule has 1 N–H and O–H groups in total. The highest BCUT2D eigenvalue weighted by atomic mass is 16.5. The number of hydrogen-bond donors (Lipinski definition) is 1. The minimum atomic E-state index is -0.184. The summed E-state index contributed by atoms with van der Waals surface area (Å²) in [6.07, 6.45) is 4.61. The van der Waals surface area contributed by atoms with Gasteiger partial charge in [-0.2, -0.15) is 0 Å². The summed E-state index contributed by atoms with van der Waals surface area (Å²) >= 11 is 0. The van der Waals surface area contributed by atoms with E-state index in [0.29, 0.717) is 17.0 Å². The highest BCUT2D eigenvalue weighted by Crippen LogP contribution is 2.26. The molecular formula is C15H13NO3. The Labute approximate surface area is 111 Å². The van der Waals surface area contributed by atoms with E-state index in [2.05, 4.69) is 4.98 Å². The molecule has 0 radical (unpaired) electrons. The van der Waals surface area contributed by atoms with Crippen molar-refractivity contribution in [1.29, 1.82) is 0 Å². The first-order chi connectivity index (χ1) is 9.20. The Hall–Kier alpha value is -2.62. The third kappa shape index (κ3) is 3.19. The third-order valence-electron chi connectivity index (χ3n) is 2.55. The van der Waals surface area contributed by atoms with Gasteiger partial charge in [0.15, 0.2) is 11.5 Å². The van der Waals surface area contributed by atoms with Gasteiger partial charge < -0.3 is 9.84 Å². The summed E-state index contributed by atoms with van der Waals surface area (Å²) < 4.78 is 4.94. The molecule has 2 aromatic rings. The maximum Gasteiger partial charge on any atom is 0.204 e. The Bertz CT molecular complexity index is 606. The van der Waals surface area contributed by atoms with Crippen molar-refractivity contribution in [3.8, 4) is 11.5 Å². The van der Waals surface area contributed by atoms with Gasteiger partial charge in [0, 0.05) is 6.20 Å². The molecule has 0 aliphatic carbocycles. The number of hydrogen-bond acceptors (Lipinski definition) is 4. The van der Waals surface area contributed by atoms with Crippen molar-refractivity contribution in [2.24, 2.45) is 0 Å². The number of aromatic hydroxyl groups is 1. The summed E-state index contributed by atoms with van der Waals surface area (Å²) in [4.78, 5) is 15.8. The zero-order valence-electron chi connectivity index (χ0n) is 10.4. The molecule has 0 fully saturated rings. The zero-order valence-corrected chi connectivity index (χ0v) is 10.4. The number of ketones is 1. The molecule has 4 heteroatoms. The molecule has 96 valence electrons. The van der Waals surface area contributed by atoms with Crippen molar-refractivity contribution in [2.45, 2.75) is 0 Å². The lowest BCUT2D eigenvalue weighted by atomic mass is 10.1. The summed E-state index contributed by atoms with van der Waals surface area (Å²) in [6, 6.07) is 10.1. The number of carbonyl (C=O) groups is 1. The molecule has 1 aromatic heterocycles. The van der Waals surface area contributed by atoms with Crippen LogP contribution in [0.25, 0.3) is 6.08 Å². The molecule has 0 spiro atoms. The van der Waals surface area contributed by atoms with Crippen LogP contribution in [-0.2, 0) is 0 Å². The number of phenols is 1. The predicted molar refractivity (Wildman–Crippen MR) is 72.3 cm³/mol. The van der Waals surface area contributed by atoms with Crippen molar-refractivity contribution in [3.05, 3.63) is 59.9 Å². The Kier molecular flexibility index (Phi) is 3.93. The van der Waals surface area contributed by atoms with Gasteiger partial charge in [0.2, 0.25) is 5.78 Å². The molecule has 0 aliphatic heterocycles. The quantitative estimate of drug-likeness (QED) is 0.674. The van der Waals surface area contributed by atoms with Crippen LogP contribution in [-0.4, -0.2) is 23.0 Å². The number of benzene rings is 1. The minimum Gasteiger partial charge on any atom is -0.504 e. The second kappa shape index (κ2) is 5.82. The van der Waals surface area contributed by atoms with Crippen LogP contribution in [0.15, 0.2) is 48.7 Å². The predicted octanol–water partition coefficient (Wildman–Crippen LogP) is 2.69. The Morgan fingerprint density at radius 2 is 2.16 bits per heavy atom. The summed E-state index contributed by atoms with van der Waals surface area (Å²) in [5.41, 5.74) is 1.10. The van der Waals surface area contributed by atoms with Gasteiger partial charge in [0.1, 0.15) is 5.69 Å². The highest BCUT2D eigenvalue weighted by molar-refractivity contribution is 6.05. The molecule has 0 saturated carbocycles. The minimum absolute atomic E-state index is 0.0370. The largest absolute Gasteiger partial charge is 0.504 e. The fraction of sp³-hybridized carbons (Fsp3) is 0.0667. The molecule has 0 amide bonds. The third-order valence-corrected chi connectivity index (χ3v) is 2.55. The molecule has 4 nitrogen and oxygen atoms in total. The van der Waals surface area contributed by atoms with Crippen LogP contribution in [0.3, 0.4) is 0 Å². The number of rotatable bonds is 4. The fourth-order valence-corrected chi connectivity index (χ4v) is 1.58. The second-order valence-electron chi connectivity index (χ2n) is 3.84. The van der Waals surface area contributed by atoms with E-state index in [9.17, 15) is 9.90 Å². The monoisotopic (exact) mass is 255 g/mol. The van der Waals surface area contributed by atoms with Gasteiger partial charge in [0.25, 0.3) is 0 Å². The molecular weight excluding hydrogens is 242 g/mol. The molecule has 0 aliphatic rings. The molecule has 2 rings (SSSR count). The van der Waals surface area contributed by atoms with E-state index in [1.807, 2.05) is 0 Å². The summed E-state index contributed by atoms with van der Waals surface area (Å²) in [5, 5.41) is 9.62. The van der Waals surface area contributed by atoms with E-state index in [1.54, 1.807) is 42.6 Å². The Morgan fingerprint density at radius 1 is 1.32 bits per heavy atom. The Morgan fingerprint density at radius 3 is 2.79 bits per heavy atom. The molecule has 0 atom stereocenters. The topological polar surface area (TPSA) is 59.4 Å². The lowest BCUT2D eigenvalue weighted by molar-refractivity contribution is 0.104. The molecule has 0 unspecified atom stereocenters. The van der Waals surface area contributed by atoms with Crippen molar-refractivity contribution in [1.82, 2.24) is 4.98 Å². The van der Waals surface area contributed by atoms with E-state index >= 15 is 0 Å². The lowest BCUT2D eigenvalue weighted by Crippen LogP contribution is -1.96. The normalized spacial score (nSPS) is 10.6. The smallest absolute Gasteiger partial charge is 0.204 e. The van der Waals surface area contributed by atoms with Gasteiger partial charge in [-0.1, -0.05) is 18.2 Å². The highest BCUT2D eigenvalue weighted by Gasteiger charge is 2.03. The number of ether oxygens (including phenoxy) is 1. The fourth-order valence-electron chi connectivity index (χ4n) is 1.58. The van der Waals surface area contributed by atoms with Gasteiger partial charge >= 0.3 is 0 Å². The summed E-state index contributed by atoms with van der Waals surface area (Å²) in [6.45, 7) is 0. The SMILES string of the molecule is COc1ccc(/C=C/C(=O)c2ccccn2)cc1O. The van der Waals surface area contributed by atoms with E-state index in [-0.39, 0.29) is 11.5 Å². The van der Waals surface area contributed by atoms with Gasteiger partial charge in [-0.3, -0.25) is 9.78 Å². The molecule has 0 saturated heterocycles. The first-order valence-electron chi connectivity index (χ1n) is 5.71. The van der Waals surface area contributed by atoms with Gasteiger partial charge in [0.05, 0.1) is 7.11 Å². The molecule has 19 heavy (non-hydrogen) atoms. The standard InChI is InChI=1S/C15H13NO3/c1-19-15-8-6-11(10-14(15)18)5-7-13(17)12-4-2-3-9-16-12/h2-10,18H,1H3/b7-5+. The lowest BCUT2D eigenvalue weighted by Gasteiger charge is -2.03. The first kappa shape index (κ1) is 12.8. The van der Waals surface area contributed by atoms with Crippen LogP contribution in [0, 0.1) is 0 Å². The van der Waals surface area contributed by atoms with Crippen molar-refractivity contribution in [2.75, 3.05) is 7.11 Å². The number of methoxy groups -OCH3 is 1. The molecule has 1 heterocycles. The first-order valence-corrected chi connectivity index (χ1v) is 5.71. The number of allylic oxidation sites excluding steroid dienone is 1. The molecule has 0 bridgehead atoms. The van der Waals surface area contributed by atoms with Crippen molar-refractivity contribution >= 4 is 11.9 Å². The van der Waals surface area contributed by atoms with E-state index in [1.165, 1.54) is 19.3 Å². The van der Waals surface area contributed by atoms with Crippen LogP contribution in [0.1, 0.15) is 16.1 Å². The zero-order chi connectivity index (χ0) is 13.7. The van der Waals surface area contributed by atoms with Crippen LogP contribution in [0.2, 0.25) is 0 Å². The van der Waals surface area contributed by atoms with Crippen molar-refractivity contribution in [3.63, 3.8) is 0 Å². The maximum atomic E-state index is 11.8. The number of aromatic nitrogens is 1. The molecule has 1 aromatic carbocycles. The van der Waals surface area contributed by atoms with Gasteiger partial charge in [-0.25, -0.2) is 0 Å². The van der Waals surface area contributed by atoms with Crippen molar-refractivity contribution < 1.29 is 14.6 Å². The summed E-state index contributed by atoms with van der Waals surface area (Å²) in [7, 11) is 1.48. The second-order valence-corrected chi connectivity index (χ2v) is 3.84. The van der Waals surface area contributed by atoms with Crippen LogP contribution >= 0.6 is 0 Å². The number of phenolic OH excluding ortho intramolecular Hbond substituents is 1. The maximum absolute atomic E-state index is 11.8. The number of carbonyl (C=O) groups excluding carboxylic acids is 1. The van der Waals surface area contributed by atoms with Crippen LogP contribution in [0.4, 0.5) is 0 Å². The summed E-state index contributed by atoms with van der Waals surface area (Å²) in [5.74, 6) is 0.249. The van der Waals surface area contributed by atoms with Gasteiger partial charge in [-0.05, 0) is 35.9 Å². The number of nitrogens with zero attached hydrogens (tertiary/aromatic N) is 1. The van der Waals surface area contributed by atoms with E-state index in [0.717, 1.165) is 0 Å². The van der Waals surface area contributed by atoms with E-state index < -0.39 is 0 Å². The average molecular weight is 255 g/mol. The van der Waals surface area contributed by atoms with Crippen LogP contribution < -0.4 is 4.74 Å². The Balaban J connectivity index is 2.15. The van der Waals surface area contributed by atoms with Crippen LogP contribution in [0.5, 0.6) is 11.5 Å². The van der Waals surface area contributed by atoms with E-state index in [4.69, 9.17) is 4.74 Å². The average Bonchev–Trinajstić information content (AvgIpc) is 2.46.